The Morgan fingerprint density at radius 2 is 1.89 bits per heavy atom. The van der Waals surface area contributed by atoms with Crippen molar-refractivity contribution < 1.29 is 19.7 Å². The first-order valence-electron chi connectivity index (χ1n) is 7.28. The fourth-order valence-electron chi connectivity index (χ4n) is 3.33. The van der Waals surface area contributed by atoms with Gasteiger partial charge in [0.25, 0.3) is 0 Å². The number of carboxylic acid groups (broad SMARTS) is 1. The highest BCUT2D eigenvalue weighted by Gasteiger charge is 2.47. The van der Waals surface area contributed by atoms with Crippen LogP contribution in [0.3, 0.4) is 0 Å². The Labute approximate surface area is 118 Å². The normalized spacial score (nSPS) is 32.9. The summed E-state index contributed by atoms with van der Waals surface area (Å²) >= 11 is 1.90. The van der Waals surface area contributed by atoms with Crippen molar-refractivity contribution in [2.75, 3.05) is 18.1 Å². The van der Waals surface area contributed by atoms with Crippen LogP contribution in [0.25, 0.3) is 0 Å². The molecule has 0 saturated carbocycles. The summed E-state index contributed by atoms with van der Waals surface area (Å²) in [6.07, 6.45) is 6.13. The molecule has 2 aliphatic heterocycles. The van der Waals surface area contributed by atoms with Gasteiger partial charge in [0.1, 0.15) is 0 Å². The van der Waals surface area contributed by atoms with Crippen LogP contribution in [0.2, 0.25) is 0 Å². The Morgan fingerprint density at radius 3 is 2.58 bits per heavy atom. The van der Waals surface area contributed by atoms with Crippen LogP contribution in [0.4, 0.5) is 0 Å². The van der Waals surface area contributed by atoms with Crippen molar-refractivity contribution >= 4 is 17.7 Å². The monoisotopic (exact) mass is 288 g/mol. The van der Waals surface area contributed by atoms with Gasteiger partial charge in [0.2, 0.25) is 0 Å². The molecule has 2 rings (SSSR count). The fraction of sp³-hybridized carbons (Fsp3) is 0.929. The molecule has 2 fully saturated rings. The number of hydrogen-bond acceptors (Lipinski definition) is 4. The Bertz CT molecular complexity index is 297. The standard InChI is InChI=1S/C14H24O4S/c15-9-11-10(12-4-5-13(11)18-12)6-8-19-7-2-1-3-14(16)17/h10-13,15H,1-9H2,(H,16,17)/t10-,11+,12-,13+/m1/s1. The summed E-state index contributed by atoms with van der Waals surface area (Å²) in [5.74, 6) is 2.33. The number of carboxylic acids is 1. The van der Waals surface area contributed by atoms with Crippen LogP contribution in [0.5, 0.6) is 0 Å². The number of hydrogen-bond donors (Lipinski definition) is 2. The van der Waals surface area contributed by atoms with Crippen molar-refractivity contribution in [3.8, 4) is 0 Å². The van der Waals surface area contributed by atoms with Crippen molar-refractivity contribution in [1.29, 1.82) is 0 Å². The molecule has 0 spiro atoms. The zero-order chi connectivity index (χ0) is 13.7. The number of fused-ring (bicyclic) bond motifs is 2. The second-order valence-electron chi connectivity index (χ2n) is 5.55. The van der Waals surface area contributed by atoms with E-state index in [-0.39, 0.29) is 13.0 Å². The van der Waals surface area contributed by atoms with Gasteiger partial charge < -0.3 is 14.9 Å². The molecule has 2 heterocycles. The van der Waals surface area contributed by atoms with Crippen LogP contribution in [-0.2, 0) is 9.53 Å². The molecule has 5 heteroatoms. The van der Waals surface area contributed by atoms with Crippen LogP contribution in [0, 0.1) is 11.8 Å². The molecule has 4 atom stereocenters. The van der Waals surface area contributed by atoms with Crippen LogP contribution in [0.1, 0.15) is 38.5 Å². The maximum Gasteiger partial charge on any atom is 0.303 e. The van der Waals surface area contributed by atoms with Crippen molar-refractivity contribution in [2.24, 2.45) is 11.8 Å². The predicted molar refractivity (Wildman–Crippen MR) is 75.4 cm³/mol. The van der Waals surface area contributed by atoms with E-state index in [0.29, 0.717) is 24.0 Å². The molecule has 2 N–H and O–H groups in total. The smallest absolute Gasteiger partial charge is 0.303 e. The molecule has 0 amide bonds. The molecule has 2 bridgehead atoms. The molecule has 2 saturated heterocycles. The Kier molecular flexibility index (Phi) is 5.98. The van der Waals surface area contributed by atoms with Crippen LogP contribution < -0.4 is 0 Å². The first-order chi connectivity index (χ1) is 9.22. The second kappa shape index (κ2) is 7.50. The zero-order valence-electron chi connectivity index (χ0n) is 11.3. The lowest BCUT2D eigenvalue weighted by Gasteiger charge is -2.26. The maximum absolute atomic E-state index is 10.4. The third-order valence-corrected chi connectivity index (χ3v) is 5.43. The topological polar surface area (TPSA) is 66.8 Å². The number of aliphatic hydroxyl groups is 1. The highest BCUT2D eigenvalue weighted by molar-refractivity contribution is 7.99. The SMILES string of the molecule is O=C(O)CCCCSCC[C@@H]1[C@H](CO)[C@@H]2CC[C@H]1O2. The third kappa shape index (κ3) is 4.10. The van der Waals surface area contributed by atoms with E-state index in [9.17, 15) is 9.90 Å². The van der Waals surface area contributed by atoms with Gasteiger partial charge in [-0.1, -0.05) is 0 Å². The lowest BCUT2D eigenvalue weighted by molar-refractivity contribution is -0.137. The summed E-state index contributed by atoms with van der Waals surface area (Å²) in [5, 5.41) is 18.0. The largest absolute Gasteiger partial charge is 0.481 e. The van der Waals surface area contributed by atoms with Crippen molar-refractivity contribution in [2.45, 2.75) is 50.7 Å². The third-order valence-electron chi connectivity index (χ3n) is 4.33. The second-order valence-corrected chi connectivity index (χ2v) is 6.78. The lowest BCUT2D eigenvalue weighted by atomic mass is 9.78. The summed E-state index contributed by atoms with van der Waals surface area (Å²) in [5.41, 5.74) is 0. The van der Waals surface area contributed by atoms with Crippen molar-refractivity contribution in [3.05, 3.63) is 0 Å². The molecule has 0 aromatic heterocycles. The Balaban J connectivity index is 1.55. The molecular formula is C14H24O4S. The first-order valence-corrected chi connectivity index (χ1v) is 8.43. The Hall–Kier alpha value is -0.260. The lowest BCUT2D eigenvalue weighted by Crippen LogP contribution is -2.30. The number of aliphatic carboxylic acids is 1. The van der Waals surface area contributed by atoms with E-state index in [2.05, 4.69) is 0 Å². The van der Waals surface area contributed by atoms with E-state index in [0.717, 1.165) is 43.6 Å². The predicted octanol–water partition coefficient (Wildman–Crippen LogP) is 2.15. The van der Waals surface area contributed by atoms with E-state index < -0.39 is 5.97 Å². The van der Waals surface area contributed by atoms with Crippen LogP contribution in [-0.4, -0.2) is 46.5 Å². The quantitative estimate of drug-likeness (QED) is 0.636. The summed E-state index contributed by atoms with van der Waals surface area (Å²) in [4.78, 5) is 10.4. The molecule has 0 unspecified atom stereocenters. The van der Waals surface area contributed by atoms with Crippen molar-refractivity contribution in [3.63, 3.8) is 0 Å². The minimum atomic E-state index is -0.699. The summed E-state index contributed by atoms with van der Waals surface area (Å²) in [6.45, 7) is 0.259. The van der Waals surface area contributed by atoms with Gasteiger partial charge in [0, 0.05) is 18.9 Å². The molecule has 0 aromatic carbocycles. The molecule has 0 radical (unpaired) electrons. The van der Waals surface area contributed by atoms with E-state index >= 15 is 0 Å². The van der Waals surface area contributed by atoms with Gasteiger partial charge in [0.15, 0.2) is 0 Å². The highest BCUT2D eigenvalue weighted by atomic mass is 32.2. The minimum Gasteiger partial charge on any atom is -0.481 e. The summed E-state index contributed by atoms with van der Waals surface area (Å²) in [6, 6.07) is 0. The highest BCUT2D eigenvalue weighted by Crippen LogP contribution is 2.45. The number of carbonyl (C=O) groups is 1. The van der Waals surface area contributed by atoms with Gasteiger partial charge in [-0.3, -0.25) is 4.79 Å². The van der Waals surface area contributed by atoms with Gasteiger partial charge in [-0.25, -0.2) is 0 Å². The Morgan fingerprint density at radius 1 is 1.16 bits per heavy atom. The number of aliphatic hydroxyl groups excluding tert-OH is 1. The zero-order valence-corrected chi connectivity index (χ0v) is 12.1. The van der Waals surface area contributed by atoms with E-state index in [1.54, 1.807) is 0 Å². The van der Waals surface area contributed by atoms with Crippen LogP contribution in [0.15, 0.2) is 0 Å². The van der Waals surface area contributed by atoms with E-state index in [1.807, 2.05) is 11.8 Å². The number of unbranched alkanes of at least 4 members (excludes halogenated alkanes) is 1. The number of ether oxygens (including phenoxy) is 1. The van der Waals surface area contributed by atoms with Gasteiger partial charge >= 0.3 is 5.97 Å². The number of thioether (sulfide) groups is 1. The van der Waals surface area contributed by atoms with Gasteiger partial charge in [-0.15, -0.1) is 0 Å². The van der Waals surface area contributed by atoms with Gasteiger partial charge in [-0.2, -0.15) is 11.8 Å². The maximum atomic E-state index is 10.4. The molecular weight excluding hydrogens is 264 g/mol. The van der Waals surface area contributed by atoms with Crippen LogP contribution >= 0.6 is 11.8 Å². The molecule has 0 aromatic rings. The molecule has 0 aliphatic carbocycles. The van der Waals surface area contributed by atoms with Crippen molar-refractivity contribution in [1.82, 2.24) is 0 Å². The average Bonchev–Trinajstić information content (AvgIpc) is 2.97. The van der Waals surface area contributed by atoms with E-state index in [4.69, 9.17) is 9.84 Å². The minimum absolute atomic E-state index is 0.259. The summed E-state index contributed by atoms with van der Waals surface area (Å²) < 4.78 is 5.88. The molecule has 4 nitrogen and oxygen atoms in total. The first kappa shape index (κ1) is 15.1. The molecule has 19 heavy (non-hydrogen) atoms. The van der Waals surface area contributed by atoms with Gasteiger partial charge in [0.05, 0.1) is 12.2 Å². The summed E-state index contributed by atoms with van der Waals surface area (Å²) in [7, 11) is 0. The average molecular weight is 288 g/mol. The molecule has 110 valence electrons. The van der Waals surface area contributed by atoms with E-state index in [1.165, 1.54) is 0 Å². The fourth-order valence-corrected chi connectivity index (χ4v) is 4.38. The number of rotatable bonds is 9. The molecule has 2 aliphatic rings. The van der Waals surface area contributed by atoms with Gasteiger partial charge in [-0.05, 0) is 49.5 Å².